The average Bonchev–Trinajstić information content (AvgIpc) is 3.30. The molecule has 2 aromatic carbocycles. The van der Waals surface area contributed by atoms with Crippen molar-refractivity contribution in [1.29, 1.82) is 0 Å². The van der Waals surface area contributed by atoms with Crippen LogP contribution in [0.15, 0.2) is 59.1 Å². The lowest BCUT2D eigenvalue weighted by atomic mass is 10.1. The maximum atomic E-state index is 6.20. The highest BCUT2D eigenvalue weighted by atomic mass is 79.9. The van der Waals surface area contributed by atoms with Crippen LogP contribution in [0.2, 0.25) is 0 Å². The van der Waals surface area contributed by atoms with E-state index >= 15 is 0 Å². The molecule has 0 aromatic heterocycles. The summed E-state index contributed by atoms with van der Waals surface area (Å²) in [6.45, 7) is 0.843. The van der Waals surface area contributed by atoms with Crippen LogP contribution in [-0.4, -0.2) is 12.6 Å². The van der Waals surface area contributed by atoms with E-state index < -0.39 is 0 Å². The van der Waals surface area contributed by atoms with Crippen LogP contribution in [0.5, 0.6) is 5.75 Å². The molecule has 0 radical (unpaired) electrons. The van der Waals surface area contributed by atoms with E-state index in [4.69, 9.17) is 4.74 Å². The van der Waals surface area contributed by atoms with Gasteiger partial charge in [0.2, 0.25) is 0 Å². The van der Waals surface area contributed by atoms with Gasteiger partial charge in [0.05, 0.1) is 4.47 Å². The number of halogens is 1. The molecule has 3 rings (SSSR count). The van der Waals surface area contributed by atoms with E-state index in [0.29, 0.717) is 6.04 Å². The smallest absolute Gasteiger partial charge is 0.136 e. The topological polar surface area (TPSA) is 21.3 Å². The number of hydrogen-bond donors (Lipinski definition) is 1. The van der Waals surface area contributed by atoms with Crippen molar-refractivity contribution in [2.75, 3.05) is 6.54 Å². The molecule has 0 spiro atoms. The average molecular weight is 332 g/mol. The fourth-order valence-corrected chi connectivity index (χ4v) is 2.53. The van der Waals surface area contributed by atoms with Crippen molar-refractivity contribution in [3.05, 3.63) is 64.6 Å². The van der Waals surface area contributed by atoms with Crippen molar-refractivity contribution in [2.24, 2.45) is 0 Å². The molecular weight excluding hydrogens is 314 g/mol. The van der Waals surface area contributed by atoms with Crippen molar-refractivity contribution in [3.63, 3.8) is 0 Å². The first-order valence-corrected chi connectivity index (χ1v) is 7.82. The minimum Gasteiger partial charge on any atom is -0.483 e. The van der Waals surface area contributed by atoms with Crippen molar-refractivity contribution in [1.82, 2.24) is 5.32 Å². The Balaban J connectivity index is 1.76. The molecule has 1 N–H and O–H groups in total. The molecular formula is C17H18BrNO. The standard InChI is InChI=1S/C17H18BrNO/c18-15-8-4-5-9-16(15)20-17(12-19-14-10-11-14)13-6-2-1-3-7-13/h1-9,14,17,19H,10-12H2. The molecule has 0 heterocycles. The van der Waals surface area contributed by atoms with Gasteiger partial charge in [-0.15, -0.1) is 0 Å². The first kappa shape index (κ1) is 13.7. The zero-order valence-corrected chi connectivity index (χ0v) is 12.8. The maximum absolute atomic E-state index is 6.20. The second-order valence-corrected chi connectivity index (χ2v) is 5.98. The fraction of sp³-hybridized carbons (Fsp3) is 0.294. The second kappa shape index (κ2) is 6.42. The number of ether oxygens (including phenoxy) is 1. The molecule has 1 aliphatic rings. The van der Waals surface area contributed by atoms with Crippen molar-refractivity contribution in [3.8, 4) is 5.75 Å². The summed E-state index contributed by atoms with van der Waals surface area (Å²) in [5, 5.41) is 3.55. The fourth-order valence-electron chi connectivity index (χ4n) is 2.15. The van der Waals surface area contributed by atoms with E-state index in [1.54, 1.807) is 0 Å². The Bertz CT molecular complexity index is 554. The zero-order chi connectivity index (χ0) is 13.8. The second-order valence-electron chi connectivity index (χ2n) is 5.13. The third-order valence-electron chi connectivity index (χ3n) is 3.45. The maximum Gasteiger partial charge on any atom is 0.136 e. The van der Waals surface area contributed by atoms with Gasteiger partial charge in [0, 0.05) is 12.6 Å². The van der Waals surface area contributed by atoms with Gasteiger partial charge in [-0.25, -0.2) is 0 Å². The van der Waals surface area contributed by atoms with E-state index in [9.17, 15) is 0 Å². The lowest BCUT2D eigenvalue weighted by molar-refractivity contribution is 0.200. The Labute approximate surface area is 128 Å². The summed E-state index contributed by atoms with van der Waals surface area (Å²) in [6.07, 6.45) is 2.61. The van der Waals surface area contributed by atoms with E-state index in [0.717, 1.165) is 16.8 Å². The van der Waals surface area contributed by atoms with E-state index in [2.05, 4.69) is 45.5 Å². The lowest BCUT2D eigenvalue weighted by Crippen LogP contribution is -2.26. The van der Waals surface area contributed by atoms with Crippen molar-refractivity contribution in [2.45, 2.75) is 25.0 Å². The molecule has 1 fully saturated rings. The molecule has 1 unspecified atom stereocenters. The van der Waals surface area contributed by atoms with Gasteiger partial charge in [-0.05, 0) is 46.5 Å². The van der Waals surface area contributed by atoms with Crippen LogP contribution in [0.3, 0.4) is 0 Å². The number of rotatable bonds is 6. The van der Waals surface area contributed by atoms with Crippen LogP contribution < -0.4 is 10.1 Å². The Morgan fingerprint density at radius 2 is 1.75 bits per heavy atom. The Morgan fingerprint density at radius 1 is 1.05 bits per heavy atom. The van der Waals surface area contributed by atoms with Crippen LogP contribution >= 0.6 is 15.9 Å². The lowest BCUT2D eigenvalue weighted by Gasteiger charge is -2.21. The molecule has 1 saturated carbocycles. The van der Waals surface area contributed by atoms with Crippen molar-refractivity contribution < 1.29 is 4.74 Å². The highest BCUT2D eigenvalue weighted by Crippen LogP contribution is 2.29. The number of benzene rings is 2. The van der Waals surface area contributed by atoms with Gasteiger partial charge >= 0.3 is 0 Å². The highest BCUT2D eigenvalue weighted by molar-refractivity contribution is 9.10. The molecule has 0 bridgehead atoms. The Morgan fingerprint density at radius 3 is 2.45 bits per heavy atom. The first-order chi connectivity index (χ1) is 9.83. The van der Waals surface area contributed by atoms with Crippen molar-refractivity contribution >= 4 is 15.9 Å². The molecule has 0 aliphatic heterocycles. The summed E-state index contributed by atoms with van der Waals surface area (Å²) in [6, 6.07) is 19.1. The predicted octanol–water partition coefficient (Wildman–Crippen LogP) is 4.32. The monoisotopic (exact) mass is 331 g/mol. The van der Waals surface area contributed by atoms with Gasteiger partial charge in [0.1, 0.15) is 11.9 Å². The third-order valence-corrected chi connectivity index (χ3v) is 4.10. The molecule has 0 amide bonds. The molecule has 0 saturated heterocycles. The van der Waals surface area contributed by atoms with E-state index in [-0.39, 0.29) is 6.10 Å². The predicted molar refractivity (Wildman–Crippen MR) is 85.0 cm³/mol. The Kier molecular flexibility index (Phi) is 4.38. The number of para-hydroxylation sites is 1. The zero-order valence-electron chi connectivity index (χ0n) is 11.3. The highest BCUT2D eigenvalue weighted by Gasteiger charge is 2.23. The largest absolute Gasteiger partial charge is 0.483 e. The van der Waals surface area contributed by atoms with Gasteiger partial charge in [-0.1, -0.05) is 42.5 Å². The van der Waals surface area contributed by atoms with Gasteiger partial charge in [-0.3, -0.25) is 0 Å². The Hall–Kier alpha value is -1.32. The number of hydrogen-bond acceptors (Lipinski definition) is 2. The SMILES string of the molecule is Brc1ccccc1OC(CNC1CC1)c1ccccc1. The third kappa shape index (κ3) is 3.62. The molecule has 20 heavy (non-hydrogen) atoms. The summed E-state index contributed by atoms with van der Waals surface area (Å²) in [4.78, 5) is 0. The normalized spacial score (nSPS) is 15.8. The summed E-state index contributed by atoms with van der Waals surface area (Å²) in [5.41, 5.74) is 1.21. The van der Waals surface area contributed by atoms with Crippen LogP contribution in [-0.2, 0) is 0 Å². The van der Waals surface area contributed by atoms with Gasteiger partial charge in [-0.2, -0.15) is 0 Å². The van der Waals surface area contributed by atoms with E-state index in [1.165, 1.54) is 18.4 Å². The van der Waals surface area contributed by atoms with Gasteiger partial charge in [0.15, 0.2) is 0 Å². The molecule has 3 heteroatoms. The molecule has 2 aromatic rings. The molecule has 1 aliphatic carbocycles. The van der Waals surface area contributed by atoms with Crippen LogP contribution in [0.4, 0.5) is 0 Å². The number of nitrogens with one attached hydrogen (secondary N) is 1. The molecule has 2 nitrogen and oxygen atoms in total. The first-order valence-electron chi connectivity index (χ1n) is 7.02. The minimum atomic E-state index is 0.0375. The summed E-state index contributed by atoms with van der Waals surface area (Å²) in [7, 11) is 0. The summed E-state index contributed by atoms with van der Waals surface area (Å²) >= 11 is 3.54. The van der Waals surface area contributed by atoms with E-state index in [1.807, 2.05) is 30.3 Å². The minimum absolute atomic E-state index is 0.0375. The molecule has 104 valence electrons. The summed E-state index contributed by atoms with van der Waals surface area (Å²) < 4.78 is 7.19. The van der Waals surface area contributed by atoms with Crippen LogP contribution in [0, 0.1) is 0 Å². The van der Waals surface area contributed by atoms with Gasteiger partial charge < -0.3 is 10.1 Å². The van der Waals surface area contributed by atoms with Crippen LogP contribution in [0.1, 0.15) is 24.5 Å². The van der Waals surface area contributed by atoms with Crippen LogP contribution in [0.25, 0.3) is 0 Å². The molecule has 1 atom stereocenters. The quantitative estimate of drug-likeness (QED) is 0.851. The van der Waals surface area contributed by atoms with Gasteiger partial charge in [0.25, 0.3) is 0 Å². The summed E-state index contributed by atoms with van der Waals surface area (Å²) in [5.74, 6) is 0.888.